The lowest BCUT2D eigenvalue weighted by Gasteiger charge is -2.09. The lowest BCUT2D eigenvalue weighted by molar-refractivity contribution is 0.0696. The number of nitrogens with one attached hydrogen (secondary N) is 1. The van der Waals surface area contributed by atoms with Crippen molar-refractivity contribution in [1.82, 2.24) is 0 Å². The van der Waals surface area contributed by atoms with E-state index in [1.165, 1.54) is 18.2 Å². The molecule has 0 heterocycles. The Kier molecular flexibility index (Phi) is 4.84. The molecule has 7 heteroatoms. The highest BCUT2D eigenvalue weighted by Crippen LogP contribution is 2.26. The molecule has 0 spiro atoms. The van der Waals surface area contributed by atoms with Gasteiger partial charge in [0.1, 0.15) is 5.75 Å². The summed E-state index contributed by atoms with van der Waals surface area (Å²) in [7, 11) is 0. The van der Waals surface area contributed by atoms with Gasteiger partial charge in [-0.1, -0.05) is 0 Å². The standard InChI is InChI=1S/C14H9BrINO4/c15-10-3-2-8(16)6-9(10)13(19)17-11-5-7(14(20)21)1-4-12(11)18/h1-6,18H,(H,17,19)(H,20,21). The molecule has 2 aromatic rings. The number of benzene rings is 2. The third kappa shape index (κ3) is 3.73. The van der Waals surface area contributed by atoms with Crippen molar-refractivity contribution in [3.8, 4) is 5.75 Å². The second kappa shape index (κ2) is 6.44. The summed E-state index contributed by atoms with van der Waals surface area (Å²) in [6.45, 7) is 0. The van der Waals surface area contributed by atoms with Crippen LogP contribution in [0.15, 0.2) is 40.9 Å². The van der Waals surface area contributed by atoms with Crippen LogP contribution in [0.5, 0.6) is 5.75 Å². The van der Waals surface area contributed by atoms with Crippen molar-refractivity contribution in [2.24, 2.45) is 0 Å². The van der Waals surface area contributed by atoms with E-state index in [-0.39, 0.29) is 17.0 Å². The topological polar surface area (TPSA) is 86.6 Å². The summed E-state index contributed by atoms with van der Waals surface area (Å²) in [6.07, 6.45) is 0. The van der Waals surface area contributed by atoms with Crippen LogP contribution >= 0.6 is 38.5 Å². The number of carboxylic acids is 1. The summed E-state index contributed by atoms with van der Waals surface area (Å²) in [5.74, 6) is -1.78. The van der Waals surface area contributed by atoms with E-state index in [9.17, 15) is 14.7 Å². The number of carbonyl (C=O) groups is 2. The molecular formula is C14H9BrINO4. The number of carboxylic acid groups (broad SMARTS) is 1. The number of phenols is 1. The van der Waals surface area contributed by atoms with Crippen LogP contribution in [0.2, 0.25) is 0 Å². The maximum atomic E-state index is 12.2. The zero-order chi connectivity index (χ0) is 15.6. The number of aromatic hydroxyl groups is 1. The summed E-state index contributed by atoms with van der Waals surface area (Å²) in [5, 5.41) is 21.1. The molecule has 0 aliphatic heterocycles. The molecule has 0 saturated heterocycles. The summed E-state index contributed by atoms with van der Waals surface area (Å²) in [5.41, 5.74) is 0.414. The van der Waals surface area contributed by atoms with Crippen LogP contribution in [0, 0.1) is 3.57 Å². The van der Waals surface area contributed by atoms with E-state index < -0.39 is 11.9 Å². The number of anilines is 1. The Morgan fingerprint density at radius 2 is 1.86 bits per heavy atom. The minimum atomic E-state index is -1.14. The van der Waals surface area contributed by atoms with Crippen molar-refractivity contribution in [2.45, 2.75) is 0 Å². The summed E-state index contributed by atoms with van der Waals surface area (Å²) in [6, 6.07) is 8.95. The average molecular weight is 462 g/mol. The van der Waals surface area contributed by atoms with Crippen LogP contribution in [-0.2, 0) is 0 Å². The summed E-state index contributed by atoms with van der Waals surface area (Å²) >= 11 is 5.36. The molecule has 3 N–H and O–H groups in total. The first-order valence-electron chi connectivity index (χ1n) is 5.71. The smallest absolute Gasteiger partial charge is 0.335 e. The Balaban J connectivity index is 2.33. The van der Waals surface area contributed by atoms with Crippen LogP contribution in [0.1, 0.15) is 20.7 Å². The number of rotatable bonds is 3. The fourth-order valence-electron chi connectivity index (χ4n) is 1.63. The van der Waals surface area contributed by atoms with Crippen molar-refractivity contribution in [3.63, 3.8) is 0 Å². The van der Waals surface area contributed by atoms with E-state index in [0.717, 1.165) is 3.57 Å². The van der Waals surface area contributed by atoms with Gasteiger partial charge in [-0.25, -0.2) is 4.79 Å². The predicted octanol–water partition coefficient (Wildman–Crippen LogP) is 3.71. The Labute approximate surface area is 142 Å². The lowest BCUT2D eigenvalue weighted by atomic mass is 10.1. The second-order valence-electron chi connectivity index (χ2n) is 4.12. The molecule has 2 aromatic carbocycles. The molecule has 0 atom stereocenters. The normalized spacial score (nSPS) is 10.2. The highest BCUT2D eigenvalue weighted by molar-refractivity contribution is 14.1. The minimum Gasteiger partial charge on any atom is -0.506 e. The van der Waals surface area contributed by atoms with Gasteiger partial charge in [0.05, 0.1) is 16.8 Å². The molecule has 0 aliphatic rings. The monoisotopic (exact) mass is 461 g/mol. The zero-order valence-corrected chi connectivity index (χ0v) is 14.2. The fraction of sp³-hybridized carbons (Fsp3) is 0. The van der Waals surface area contributed by atoms with Gasteiger partial charge in [-0.2, -0.15) is 0 Å². The number of aromatic carboxylic acids is 1. The quantitative estimate of drug-likeness (QED) is 0.480. The van der Waals surface area contributed by atoms with Crippen LogP contribution < -0.4 is 5.32 Å². The van der Waals surface area contributed by atoms with Gasteiger partial charge >= 0.3 is 5.97 Å². The molecule has 0 radical (unpaired) electrons. The Morgan fingerprint density at radius 1 is 1.14 bits per heavy atom. The predicted molar refractivity (Wildman–Crippen MR) is 89.9 cm³/mol. The van der Waals surface area contributed by atoms with E-state index in [2.05, 4.69) is 43.8 Å². The Bertz CT molecular complexity index is 733. The van der Waals surface area contributed by atoms with Crippen LogP contribution in [0.3, 0.4) is 0 Å². The molecule has 0 unspecified atom stereocenters. The molecule has 0 aliphatic carbocycles. The number of amides is 1. The van der Waals surface area contributed by atoms with Crippen molar-refractivity contribution < 1.29 is 19.8 Å². The molecule has 0 bridgehead atoms. The van der Waals surface area contributed by atoms with Crippen molar-refractivity contribution in [3.05, 3.63) is 55.6 Å². The van der Waals surface area contributed by atoms with Crippen LogP contribution in [0.25, 0.3) is 0 Å². The van der Waals surface area contributed by atoms with Gasteiger partial charge in [-0.3, -0.25) is 4.79 Å². The summed E-state index contributed by atoms with van der Waals surface area (Å²) in [4.78, 5) is 23.1. The van der Waals surface area contributed by atoms with Crippen LogP contribution in [-0.4, -0.2) is 22.1 Å². The highest BCUT2D eigenvalue weighted by atomic mass is 127. The maximum absolute atomic E-state index is 12.2. The Hall–Kier alpha value is -1.61. The van der Waals surface area contributed by atoms with Crippen molar-refractivity contribution in [2.75, 3.05) is 5.32 Å². The molecule has 5 nitrogen and oxygen atoms in total. The number of hydrogen-bond donors (Lipinski definition) is 3. The third-order valence-electron chi connectivity index (χ3n) is 2.66. The van der Waals surface area contributed by atoms with Crippen molar-refractivity contribution in [1.29, 1.82) is 0 Å². The first-order valence-corrected chi connectivity index (χ1v) is 7.58. The van der Waals surface area contributed by atoms with E-state index in [4.69, 9.17) is 5.11 Å². The molecule has 1 amide bonds. The zero-order valence-electron chi connectivity index (χ0n) is 10.4. The van der Waals surface area contributed by atoms with Crippen molar-refractivity contribution >= 4 is 56.1 Å². The van der Waals surface area contributed by atoms with E-state index >= 15 is 0 Å². The van der Waals surface area contributed by atoms with Gasteiger partial charge in [-0.15, -0.1) is 0 Å². The SMILES string of the molecule is O=C(O)c1ccc(O)c(NC(=O)c2cc(I)ccc2Br)c1. The second-order valence-corrected chi connectivity index (χ2v) is 6.22. The van der Waals surface area contributed by atoms with E-state index in [0.29, 0.717) is 10.0 Å². The molecule has 0 aromatic heterocycles. The molecule has 108 valence electrons. The molecule has 2 rings (SSSR count). The first kappa shape index (κ1) is 15.8. The van der Waals surface area contributed by atoms with Gasteiger partial charge in [0.2, 0.25) is 0 Å². The Morgan fingerprint density at radius 3 is 2.52 bits per heavy atom. The average Bonchev–Trinajstić information content (AvgIpc) is 2.43. The first-order chi connectivity index (χ1) is 9.88. The number of hydrogen-bond acceptors (Lipinski definition) is 3. The van der Waals surface area contributed by atoms with E-state index in [1.54, 1.807) is 12.1 Å². The van der Waals surface area contributed by atoms with Gasteiger partial charge in [0.15, 0.2) is 0 Å². The third-order valence-corrected chi connectivity index (χ3v) is 4.03. The lowest BCUT2D eigenvalue weighted by Crippen LogP contribution is -2.13. The largest absolute Gasteiger partial charge is 0.506 e. The number of halogens is 2. The fourth-order valence-corrected chi connectivity index (χ4v) is 2.55. The van der Waals surface area contributed by atoms with Crippen LogP contribution in [0.4, 0.5) is 5.69 Å². The highest BCUT2D eigenvalue weighted by Gasteiger charge is 2.14. The van der Waals surface area contributed by atoms with Gasteiger partial charge in [0.25, 0.3) is 5.91 Å². The molecule has 0 saturated carbocycles. The van der Waals surface area contributed by atoms with Gasteiger partial charge < -0.3 is 15.5 Å². The maximum Gasteiger partial charge on any atom is 0.335 e. The molecule has 0 fully saturated rings. The minimum absolute atomic E-state index is 0.0233. The van der Waals surface area contributed by atoms with Gasteiger partial charge in [-0.05, 0) is 74.9 Å². The number of phenolic OH excluding ortho intramolecular Hbond substituents is 1. The molecular weight excluding hydrogens is 453 g/mol. The number of carbonyl (C=O) groups excluding carboxylic acids is 1. The van der Waals surface area contributed by atoms with E-state index in [1.807, 2.05) is 6.07 Å². The molecule has 21 heavy (non-hydrogen) atoms. The van der Waals surface area contributed by atoms with Gasteiger partial charge in [0, 0.05) is 8.04 Å². The summed E-state index contributed by atoms with van der Waals surface area (Å²) < 4.78 is 1.48.